The third-order valence-electron chi connectivity index (χ3n) is 2.45. The van der Waals surface area contributed by atoms with E-state index in [2.05, 4.69) is 0 Å². The average molecular weight is 214 g/mol. The van der Waals surface area contributed by atoms with Crippen molar-refractivity contribution in [3.63, 3.8) is 0 Å². The summed E-state index contributed by atoms with van der Waals surface area (Å²) in [5, 5.41) is 8.56. The number of hydrogen-bond donors (Lipinski definition) is 2. The van der Waals surface area contributed by atoms with Gasteiger partial charge in [0.1, 0.15) is 5.70 Å². The molecule has 2 heterocycles. The second kappa shape index (κ2) is 2.99. The molecule has 0 saturated carbocycles. The third kappa shape index (κ3) is 1.14. The van der Waals surface area contributed by atoms with E-state index >= 15 is 0 Å². The number of nitrogens with two attached hydrogens (primary N) is 1. The smallest absolute Gasteiger partial charge is 0.352 e. The number of nitrogens with zero attached hydrogens (tertiary/aromatic N) is 1. The lowest BCUT2D eigenvalue weighted by atomic mass is 10.1. The van der Waals surface area contributed by atoms with Crippen molar-refractivity contribution in [3.05, 3.63) is 11.3 Å². The van der Waals surface area contributed by atoms with Gasteiger partial charge in [-0.3, -0.25) is 9.69 Å². The molecule has 1 amide bonds. The van der Waals surface area contributed by atoms with Gasteiger partial charge in [0.2, 0.25) is 5.91 Å². The number of carboxylic acids is 1. The van der Waals surface area contributed by atoms with Gasteiger partial charge in [-0.05, 0) is 12.5 Å². The van der Waals surface area contributed by atoms with Gasteiger partial charge in [0, 0.05) is 0 Å². The van der Waals surface area contributed by atoms with Gasteiger partial charge < -0.3 is 10.8 Å². The Morgan fingerprint density at radius 2 is 2.36 bits per heavy atom. The number of fused-ring (bicyclic) bond motifs is 1. The molecule has 2 unspecified atom stereocenters. The number of β-lactam (4-membered cyclic amide) rings is 1. The summed E-state index contributed by atoms with van der Waals surface area (Å²) in [5.41, 5.74) is 6.37. The molecule has 76 valence electrons. The van der Waals surface area contributed by atoms with Crippen LogP contribution < -0.4 is 5.73 Å². The first kappa shape index (κ1) is 9.54. The minimum atomic E-state index is -1.07. The molecule has 0 bridgehead atoms. The molecule has 6 heteroatoms. The summed E-state index contributed by atoms with van der Waals surface area (Å²) in [5.74, 6) is -1.21. The van der Waals surface area contributed by atoms with E-state index in [-0.39, 0.29) is 22.4 Å². The Morgan fingerprint density at radius 3 is 2.86 bits per heavy atom. The fourth-order valence-electron chi connectivity index (χ4n) is 1.63. The van der Waals surface area contributed by atoms with Gasteiger partial charge in [-0.1, -0.05) is 0 Å². The van der Waals surface area contributed by atoms with Gasteiger partial charge >= 0.3 is 5.97 Å². The molecule has 2 aliphatic rings. The molecule has 0 aromatic heterocycles. The number of thioether (sulfide) groups is 1. The highest BCUT2D eigenvalue weighted by atomic mass is 32.2. The maximum atomic E-state index is 11.2. The van der Waals surface area contributed by atoms with E-state index in [1.165, 1.54) is 16.7 Å². The van der Waals surface area contributed by atoms with Crippen molar-refractivity contribution in [2.24, 2.45) is 5.73 Å². The van der Waals surface area contributed by atoms with Gasteiger partial charge in [-0.2, -0.15) is 0 Å². The monoisotopic (exact) mass is 214 g/mol. The standard InChI is InChI=1S/C8H10N2O3S/c1-3-6(8(12)13)10-4(11)2-5(10)14-7(3)9/h5,7H,2,9H2,1H3,(H,12,13). The first-order valence-electron chi connectivity index (χ1n) is 4.19. The average Bonchev–Trinajstić information content (AvgIpc) is 2.09. The minimum absolute atomic E-state index is 0.0671. The number of amides is 1. The Bertz CT molecular complexity index is 352. The van der Waals surface area contributed by atoms with E-state index in [9.17, 15) is 9.59 Å². The van der Waals surface area contributed by atoms with Gasteiger partial charge in [-0.15, -0.1) is 11.8 Å². The van der Waals surface area contributed by atoms with Crippen molar-refractivity contribution in [1.29, 1.82) is 0 Å². The van der Waals surface area contributed by atoms with Gasteiger partial charge in [0.25, 0.3) is 0 Å². The summed E-state index contributed by atoms with van der Waals surface area (Å²) in [4.78, 5) is 23.5. The molecule has 0 aliphatic carbocycles. The molecule has 0 aromatic rings. The lowest BCUT2D eigenvalue weighted by Crippen LogP contribution is -2.56. The SMILES string of the molecule is CC1=C(C(=O)O)N2C(=O)CC2SC1N. The summed E-state index contributed by atoms with van der Waals surface area (Å²) < 4.78 is 0. The van der Waals surface area contributed by atoms with Gasteiger partial charge in [0.05, 0.1) is 17.2 Å². The molecule has 2 atom stereocenters. The number of hydrogen-bond acceptors (Lipinski definition) is 4. The zero-order valence-corrected chi connectivity index (χ0v) is 8.37. The molecule has 0 aromatic carbocycles. The molecule has 2 aliphatic heterocycles. The molecule has 0 spiro atoms. The lowest BCUT2D eigenvalue weighted by molar-refractivity contribution is -0.146. The van der Waals surface area contributed by atoms with Crippen LogP contribution >= 0.6 is 11.8 Å². The summed E-state index contributed by atoms with van der Waals surface area (Å²) in [6, 6.07) is 0. The van der Waals surface area contributed by atoms with Gasteiger partial charge in [0.15, 0.2) is 0 Å². The van der Waals surface area contributed by atoms with E-state index in [4.69, 9.17) is 10.8 Å². The molecule has 3 N–H and O–H groups in total. The molecular weight excluding hydrogens is 204 g/mol. The van der Waals surface area contributed by atoms with Crippen LogP contribution in [0.5, 0.6) is 0 Å². The Hall–Kier alpha value is -1.01. The normalized spacial score (nSPS) is 31.3. The molecule has 0 radical (unpaired) electrons. The number of carbonyl (C=O) groups excluding carboxylic acids is 1. The van der Waals surface area contributed by atoms with Crippen LogP contribution in [0.1, 0.15) is 13.3 Å². The summed E-state index contributed by atoms with van der Waals surface area (Å²) in [6.45, 7) is 1.66. The van der Waals surface area contributed by atoms with Crippen LogP contribution in [0.15, 0.2) is 11.3 Å². The number of carboxylic acid groups (broad SMARTS) is 1. The highest BCUT2D eigenvalue weighted by Gasteiger charge is 2.46. The first-order chi connectivity index (χ1) is 6.52. The summed E-state index contributed by atoms with van der Waals surface area (Å²) >= 11 is 1.43. The predicted octanol–water partition coefficient (Wildman–Crippen LogP) is -0.0650. The summed E-state index contributed by atoms with van der Waals surface area (Å²) in [7, 11) is 0. The predicted molar refractivity (Wildman–Crippen MR) is 51.2 cm³/mol. The maximum Gasteiger partial charge on any atom is 0.352 e. The second-order valence-corrected chi connectivity index (χ2v) is 4.64. The molecule has 14 heavy (non-hydrogen) atoms. The quantitative estimate of drug-likeness (QED) is 0.597. The fourth-order valence-corrected chi connectivity index (χ4v) is 2.87. The van der Waals surface area contributed by atoms with Crippen molar-refractivity contribution in [2.75, 3.05) is 0 Å². The lowest BCUT2D eigenvalue weighted by Gasteiger charge is -2.45. The van der Waals surface area contributed by atoms with E-state index in [0.717, 1.165) is 0 Å². The Morgan fingerprint density at radius 1 is 1.71 bits per heavy atom. The highest BCUT2D eigenvalue weighted by Crippen LogP contribution is 2.41. The highest BCUT2D eigenvalue weighted by molar-refractivity contribution is 8.00. The maximum absolute atomic E-state index is 11.2. The number of carbonyl (C=O) groups is 2. The van der Waals surface area contributed by atoms with Crippen LogP contribution in [-0.4, -0.2) is 32.6 Å². The number of aliphatic carboxylic acids is 1. The fraction of sp³-hybridized carbons (Fsp3) is 0.500. The third-order valence-corrected chi connectivity index (χ3v) is 3.79. The van der Waals surface area contributed by atoms with E-state index in [1.807, 2.05) is 0 Å². The Labute approximate surface area is 84.9 Å². The van der Waals surface area contributed by atoms with Crippen LogP contribution in [-0.2, 0) is 9.59 Å². The zero-order valence-electron chi connectivity index (χ0n) is 7.56. The molecule has 2 rings (SSSR count). The number of rotatable bonds is 1. The minimum Gasteiger partial charge on any atom is -0.477 e. The molecular formula is C8H10N2O3S. The van der Waals surface area contributed by atoms with Crippen LogP contribution in [0.2, 0.25) is 0 Å². The van der Waals surface area contributed by atoms with Crippen molar-refractivity contribution < 1.29 is 14.7 Å². The van der Waals surface area contributed by atoms with E-state index < -0.39 is 5.97 Å². The first-order valence-corrected chi connectivity index (χ1v) is 5.14. The van der Waals surface area contributed by atoms with Crippen molar-refractivity contribution in [2.45, 2.75) is 24.1 Å². The second-order valence-electron chi connectivity index (χ2n) is 3.32. The molecule has 1 fully saturated rings. The van der Waals surface area contributed by atoms with Gasteiger partial charge in [-0.25, -0.2) is 4.79 Å². The topological polar surface area (TPSA) is 83.6 Å². The Balaban J connectivity index is 2.42. The molecule has 5 nitrogen and oxygen atoms in total. The van der Waals surface area contributed by atoms with E-state index in [0.29, 0.717) is 12.0 Å². The summed E-state index contributed by atoms with van der Waals surface area (Å²) in [6.07, 6.45) is 0.391. The van der Waals surface area contributed by atoms with Crippen molar-refractivity contribution in [1.82, 2.24) is 4.90 Å². The Kier molecular flexibility index (Phi) is 2.04. The molecule has 1 saturated heterocycles. The largest absolute Gasteiger partial charge is 0.477 e. The van der Waals surface area contributed by atoms with Crippen LogP contribution in [0.25, 0.3) is 0 Å². The van der Waals surface area contributed by atoms with Crippen LogP contribution in [0.4, 0.5) is 0 Å². The van der Waals surface area contributed by atoms with Crippen molar-refractivity contribution >= 4 is 23.6 Å². The van der Waals surface area contributed by atoms with Crippen molar-refractivity contribution in [3.8, 4) is 0 Å². The van der Waals surface area contributed by atoms with Crippen LogP contribution in [0.3, 0.4) is 0 Å². The zero-order chi connectivity index (χ0) is 10.5. The van der Waals surface area contributed by atoms with E-state index in [1.54, 1.807) is 6.92 Å². The van der Waals surface area contributed by atoms with Crippen LogP contribution in [0, 0.1) is 0 Å².